The molecule has 0 atom stereocenters. The van der Waals surface area contributed by atoms with Gasteiger partial charge in [0.05, 0.1) is 13.5 Å². The summed E-state index contributed by atoms with van der Waals surface area (Å²) in [5, 5.41) is 10.3. The smallest absolute Gasteiger partial charge is 0.336 e. The van der Waals surface area contributed by atoms with Crippen molar-refractivity contribution in [3.63, 3.8) is 0 Å². The van der Waals surface area contributed by atoms with Crippen LogP contribution in [0, 0.1) is 5.82 Å². The highest BCUT2D eigenvalue weighted by Gasteiger charge is 2.13. The Kier molecular flexibility index (Phi) is 4.88. The van der Waals surface area contributed by atoms with Crippen molar-refractivity contribution >= 4 is 16.9 Å². The average molecular weight is 358 g/mol. The number of ether oxygens (including phenoxy) is 2. The number of hydrogen-bond acceptors (Lipinski definition) is 6. The number of carbonyl (C=O) groups is 1. The minimum absolute atomic E-state index is 0.0240. The van der Waals surface area contributed by atoms with Gasteiger partial charge in [-0.25, -0.2) is 9.18 Å². The van der Waals surface area contributed by atoms with Crippen LogP contribution in [-0.4, -0.2) is 18.2 Å². The lowest BCUT2D eigenvalue weighted by atomic mass is 10.1. The molecule has 0 radical (unpaired) electrons. The number of carbonyl (C=O) groups excluding carboxylic acids is 1. The Morgan fingerprint density at radius 3 is 2.62 bits per heavy atom. The fourth-order valence-corrected chi connectivity index (χ4v) is 2.50. The molecule has 0 aliphatic heterocycles. The maximum atomic E-state index is 12.9. The van der Waals surface area contributed by atoms with E-state index in [2.05, 4.69) is 0 Å². The summed E-state index contributed by atoms with van der Waals surface area (Å²) in [6.07, 6.45) is -0.0240. The minimum atomic E-state index is -0.633. The summed E-state index contributed by atoms with van der Waals surface area (Å²) in [7, 11) is 1.39. The number of hydrogen-bond donors (Lipinski definition) is 1. The Hall–Kier alpha value is -3.35. The van der Waals surface area contributed by atoms with E-state index in [1.54, 1.807) is 0 Å². The fourth-order valence-electron chi connectivity index (χ4n) is 2.50. The van der Waals surface area contributed by atoms with Crippen molar-refractivity contribution in [3.8, 4) is 11.5 Å². The third kappa shape index (κ3) is 3.83. The zero-order chi connectivity index (χ0) is 18.7. The van der Waals surface area contributed by atoms with Gasteiger partial charge in [0.15, 0.2) is 11.5 Å². The number of esters is 1. The lowest BCUT2D eigenvalue weighted by molar-refractivity contribution is -0.144. The topological polar surface area (TPSA) is 86.0 Å². The third-order valence-corrected chi connectivity index (χ3v) is 3.78. The highest BCUT2D eigenvalue weighted by molar-refractivity contribution is 5.84. The fraction of sp³-hybridized carbons (Fsp3) is 0.158. The van der Waals surface area contributed by atoms with E-state index in [9.17, 15) is 19.1 Å². The van der Waals surface area contributed by atoms with Crippen LogP contribution in [0.4, 0.5) is 4.39 Å². The first-order chi connectivity index (χ1) is 12.5. The van der Waals surface area contributed by atoms with Gasteiger partial charge in [0.25, 0.3) is 0 Å². The number of phenolic OH excluding ortho intramolecular Hbond substituents is 1. The summed E-state index contributed by atoms with van der Waals surface area (Å²) in [6, 6.07) is 9.49. The molecule has 0 aliphatic rings. The van der Waals surface area contributed by atoms with Crippen molar-refractivity contribution < 1.29 is 28.2 Å². The van der Waals surface area contributed by atoms with Gasteiger partial charge in [-0.2, -0.15) is 0 Å². The lowest BCUT2D eigenvalue weighted by Gasteiger charge is -2.09. The maximum Gasteiger partial charge on any atom is 0.336 e. The van der Waals surface area contributed by atoms with Crippen molar-refractivity contribution in [1.82, 2.24) is 0 Å². The van der Waals surface area contributed by atoms with Crippen LogP contribution >= 0.6 is 0 Å². The largest absolute Gasteiger partial charge is 0.504 e. The number of benzene rings is 2. The number of methoxy groups -OCH3 is 1. The van der Waals surface area contributed by atoms with Crippen molar-refractivity contribution in [2.45, 2.75) is 13.0 Å². The summed E-state index contributed by atoms with van der Waals surface area (Å²) in [5.41, 5.74) is 0.550. The number of halogens is 1. The molecule has 0 saturated carbocycles. The number of aromatic hydroxyl groups is 1. The number of phenols is 1. The first-order valence-electron chi connectivity index (χ1n) is 7.70. The molecule has 0 unspecified atom stereocenters. The van der Waals surface area contributed by atoms with Gasteiger partial charge in [-0.3, -0.25) is 4.79 Å². The van der Waals surface area contributed by atoms with E-state index in [0.717, 1.165) is 0 Å². The van der Waals surface area contributed by atoms with Gasteiger partial charge in [-0.1, -0.05) is 12.1 Å². The molecule has 134 valence electrons. The molecule has 6 nitrogen and oxygen atoms in total. The Balaban J connectivity index is 1.80. The van der Waals surface area contributed by atoms with Gasteiger partial charge in [-0.15, -0.1) is 0 Å². The van der Waals surface area contributed by atoms with Crippen molar-refractivity contribution in [2.24, 2.45) is 0 Å². The molecular formula is C19H15FO6. The second kappa shape index (κ2) is 7.26. The molecule has 0 spiro atoms. The zero-order valence-electron chi connectivity index (χ0n) is 13.8. The molecule has 3 rings (SSSR count). The molecule has 1 N–H and O–H groups in total. The molecule has 2 aromatic carbocycles. The monoisotopic (exact) mass is 358 g/mol. The second-order valence-corrected chi connectivity index (χ2v) is 5.57. The Bertz CT molecular complexity index is 1010. The third-order valence-electron chi connectivity index (χ3n) is 3.78. The number of rotatable bonds is 5. The molecular weight excluding hydrogens is 343 g/mol. The summed E-state index contributed by atoms with van der Waals surface area (Å²) >= 11 is 0. The van der Waals surface area contributed by atoms with Crippen LogP contribution in [0.3, 0.4) is 0 Å². The molecule has 26 heavy (non-hydrogen) atoms. The average Bonchev–Trinajstić information content (AvgIpc) is 2.61. The summed E-state index contributed by atoms with van der Waals surface area (Å²) < 4.78 is 28.2. The highest BCUT2D eigenvalue weighted by atomic mass is 19.1. The maximum absolute atomic E-state index is 12.9. The Labute approximate surface area is 147 Å². The van der Waals surface area contributed by atoms with Gasteiger partial charge in [0.1, 0.15) is 18.0 Å². The molecule has 0 saturated heterocycles. The van der Waals surface area contributed by atoms with Gasteiger partial charge < -0.3 is 19.0 Å². The van der Waals surface area contributed by atoms with Crippen LogP contribution in [0.5, 0.6) is 11.5 Å². The molecule has 0 aliphatic carbocycles. The Morgan fingerprint density at radius 1 is 1.19 bits per heavy atom. The lowest BCUT2D eigenvalue weighted by Crippen LogP contribution is -2.10. The molecule has 3 aromatic rings. The van der Waals surface area contributed by atoms with E-state index in [1.165, 1.54) is 49.6 Å². The van der Waals surface area contributed by atoms with Crippen molar-refractivity contribution in [1.29, 1.82) is 0 Å². The highest BCUT2D eigenvalue weighted by Crippen LogP contribution is 2.32. The molecule has 7 heteroatoms. The van der Waals surface area contributed by atoms with E-state index >= 15 is 0 Å². The van der Waals surface area contributed by atoms with Crippen LogP contribution in [-0.2, 0) is 22.6 Å². The van der Waals surface area contributed by atoms with E-state index in [4.69, 9.17) is 13.9 Å². The predicted molar refractivity (Wildman–Crippen MR) is 90.6 cm³/mol. The number of fused-ring (bicyclic) bond motifs is 1. The minimum Gasteiger partial charge on any atom is -0.504 e. The van der Waals surface area contributed by atoms with E-state index in [1.807, 2.05) is 0 Å². The SMILES string of the molecule is COc1cc2c(COC(=O)Cc3ccc(F)cc3)cc(=O)oc2cc1O. The van der Waals surface area contributed by atoms with Gasteiger partial charge in [0.2, 0.25) is 0 Å². The molecule has 0 bridgehead atoms. The summed E-state index contributed by atoms with van der Waals surface area (Å²) in [4.78, 5) is 23.7. The first kappa shape index (κ1) is 17.5. The van der Waals surface area contributed by atoms with E-state index in [0.29, 0.717) is 16.5 Å². The van der Waals surface area contributed by atoms with Gasteiger partial charge >= 0.3 is 11.6 Å². The normalized spacial score (nSPS) is 10.7. The van der Waals surface area contributed by atoms with Crippen LogP contribution in [0.25, 0.3) is 11.0 Å². The van der Waals surface area contributed by atoms with E-state index < -0.39 is 11.6 Å². The van der Waals surface area contributed by atoms with Crippen LogP contribution < -0.4 is 10.4 Å². The summed E-state index contributed by atoms with van der Waals surface area (Å²) in [5.74, 6) is -0.885. The molecule has 0 fully saturated rings. The standard InChI is InChI=1S/C19H15FO6/c1-24-17-8-14-12(7-19(23)26-16(14)9-15(17)21)10-25-18(22)6-11-2-4-13(20)5-3-11/h2-5,7-9,21H,6,10H2,1H3. The van der Waals surface area contributed by atoms with E-state index in [-0.39, 0.29) is 35.9 Å². The molecule has 1 aromatic heterocycles. The van der Waals surface area contributed by atoms with Crippen LogP contribution in [0.2, 0.25) is 0 Å². The van der Waals surface area contributed by atoms with Crippen molar-refractivity contribution in [2.75, 3.05) is 7.11 Å². The molecule has 1 heterocycles. The Morgan fingerprint density at radius 2 is 1.92 bits per heavy atom. The van der Waals surface area contributed by atoms with Crippen molar-refractivity contribution in [3.05, 3.63) is 69.8 Å². The predicted octanol–water partition coefficient (Wildman–Crippen LogP) is 2.93. The first-order valence-corrected chi connectivity index (χ1v) is 7.70. The second-order valence-electron chi connectivity index (χ2n) is 5.57. The zero-order valence-corrected chi connectivity index (χ0v) is 13.8. The van der Waals surface area contributed by atoms with Crippen LogP contribution in [0.1, 0.15) is 11.1 Å². The quantitative estimate of drug-likeness (QED) is 0.557. The van der Waals surface area contributed by atoms with Gasteiger partial charge in [0, 0.05) is 23.1 Å². The van der Waals surface area contributed by atoms with Gasteiger partial charge in [-0.05, 0) is 23.8 Å². The molecule has 0 amide bonds. The summed E-state index contributed by atoms with van der Waals surface area (Å²) in [6.45, 7) is -0.157. The van der Waals surface area contributed by atoms with Crippen LogP contribution in [0.15, 0.2) is 51.7 Å².